The maximum atomic E-state index is 12.2. The van der Waals surface area contributed by atoms with Gasteiger partial charge in [0, 0.05) is 19.6 Å². The van der Waals surface area contributed by atoms with Gasteiger partial charge in [0.05, 0.1) is 25.5 Å². The van der Waals surface area contributed by atoms with Gasteiger partial charge in [0.15, 0.2) is 0 Å². The lowest BCUT2D eigenvalue weighted by Crippen LogP contribution is -2.35. The molecule has 1 fully saturated rings. The van der Waals surface area contributed by atoms with E-state index in [1.807, 2.05) is 21.0 Å². The fraction of sp³-hybridized carbons (Fsp3) is 0.733. The van der Waals surface area contributed by atoms with Gasteiger partial charge in [-0.3, -0.25) is 9.69 Å². The van der Waals surface area contributed by atoms with Crippen molar-refractivity contribution in [3.05, 3.63) is 15.6 Å². The number of thiazole rings is 1. The van der Waals surface area contributed by atoms with E-state index in [0.717, 1.165) is 61.4 Å². The second-order valence-corrected chi connectivity index (χ2v) is 6.91. The van der Waals surface area contributed by atoms with Crippen LogP contribution in [0.2, 0.25) is 0 Å². The number of aryl methyl sites for hydroxylation is 1. The van der Waals surface area contributed by atoms with Crippen molar-refractivity contribution in [1.82, 2.24) is 20.1 Å². The predicted molar refractivity (Wildman–Crippen MR) is 88.5 cm³/mol. The first-order valence-corrected chi connectivity index (χ1v) is 8.57. The van der Waals surface area contributed by atoms with Gasteiger partial charge in [0.1, 0.15) is 9.88 Å². The van der Waals surface area contributed by atoms with Gasteiger partial charge in [-0.25, -0.2) is 4.98 Å². The molecule has 1 amide bonds. The lowest BCUT2D eigenvalue weighted by Gasteiger charge is -2.25. The van der Waals surface area contributed by atoms with E-state index < -0.39 is 0 Å². The van der Waals surface area contributed by atoms with Gasteiger partial charge in [-0.2, -0.15) is 0 Å². The topological polar surface area (TPSA) is 57.7 Å². The monoisotopic (exact) mass is 326 g/mol. The summed E-state index contributed by atoms with van der Waals surface area (Å²) in [6, 6.07) is 0. The highest BCUT2D eigenvalue weighted by Gasteiger charge is 2.18. The second kappa shape index (κ2) is 8.57. The van der Waals surface area contributed by atoms with Gasteiger partial charge in [-0.15, -0.1) is 11.3 Å². The van der Waals surface area contributed by atoms with Crippen molar-refractivity contribution >= 4 is 17.2 Å². The van der Waals surface area contributed by atoms with E-state index in [1.54, 1.807) is 0 Å². The molecule has 22 heavy (non-hydrogen) atoms. The van der Waals surface area contributed by atoms with Crippen LogP contribution in [0.1, 0.15) is 26.8 Å². The molecule has 1 aliphatic heterocycles. The summed E-state index contributed by atoms with van der Waals surface area (Å²) in [7, 11) is 4.07. The average molecular weight is 326 g/mol. The third-order valence-corrected chi connectivity index (χ3v) is 4.72. The number of hydrogen-bond acceptors (Lipinski definition) is 6. The van der Waals surface area contributed by atoms with Crippen LogP contribution in [0.5, 0.6) is 0 Å². The van der Waals surface area contributed by atoms with Crippen LogP contribution in [-0.2, 0) is 11.3 Å². The zero-order valence-corrected chi connectivity index (χ0v) is 14.5. The van der Waals surface area contributed by atoms with E-state index >= 15 is 0 Å². The third-order valence-electron chi connectivity index (χ3n) is 3.58. The zero-order valence-electron chi connectivity index (χ0n) is 13.7. The summed E-state index contributed by atoms with van der Waals surface area (Å²) in [6.07, 6.45) is 0.956. The fourth-order valence-corrected chi connectivity index (χ4v) is 3.38. The summed E-state index contributed by atoms with van der Waals surface area (Å²) >= 11 is 1.51. The van der Waals surface area contributed by atoms with Crippen molar-refractivity contribution in [2.75, 3.05) is 53.5 Å². The van der Waals surface area contributed by atoms with Gasteiger partial charge >= 0.3 is 0 Å². The number of carbonyl (C=O) groups excluding carboxylic acids is 1. The molecule has 0 spiro atoms. The predicted octanol–water partition coefficient (Wildman–Crippen LogP) is 0.965. The SMILES string of the molecule is Cc1nc(CN2CCOCC2)sc1C(=O)NCCCN(C)C. The van der Waals surface area contributed by atoms with E-state index in [-0.39, 0.29) is 5.91 Å². The Kier molecular flexibility index (Phi) is 6.75. The van der Waals surface area contributed by atoms with Crippen LogP contribution in [0.4, 0.5) is 0 Å². The van der Waals surface area contributed by atoms with Crippen LogP contribution in [0, 0.1) is 6.92 Å². The van der Waals surface area contributed by atoms with E-state index in [1.165, 1.54) is 11.3 Å². The molecule has 0 aliphatic carbocycles. The van der Waals surface area contributed by atoms with Crippen molar-refractivity contribution in [2.24, 2.45) is 0 Å². The number of carbonyl (C=O) groups is 1. The molecule has 2 heterocycles. The molecule has 1 aromatic rings. The van der Waals surface area contributed by atoms with Gasteiger partial charge in [0.25, 0.3) is 5.91 Å². The molecule has 2 rings (SSSR count). The van der Waals surface area contributed by atoms with Crippen LogP contribution in [-0.4, -0.2) is 74.2 Å². The summed E-state index contributed by atoms with van der Waals surface area (Å²) in [5.74, 6) is 0.00184. The molecule has 0 aromatic carbocycles. The molecule has 124 valence electrons. The van der Waals surface area contributed by atoms with Crippen LogP contribution in [0.25, 0.3) is 0 Å². The van der Waals surface area contributed by atoms with E-state index in [9.17, 15) is 4.79 Å². The number of rotatable bonds is 7. The smallest absolute Gasteiger partial charge is 0.263 e. The summed E-state index contributed by atoms with van der Waals surface area (Å²) < 4.78 is 5.35. The van der Waals surface area contributed by atoms with Crippen LogP contribution in [0.15, 0.2) is 0 Å². The summed E-state index contributed by atoms with van der Waals surface area (Å²) in [5, 5.41) is 4.00. The highest BCUT2D eigenvalue weighted by atomic mass is 32.1. The second-order valence-electron chi connectivity index (χ2n) is 5.82. The Bertz CT molecular complexity index is 484. The summed E-state index contributed by atoms with van der Waals surface area (Å²) in [4.78, 5) is 22.0. The molecular weight excluding hydrogens is 300 g/mol. The molecule has 1 N–H and O–H groups in total. The molecule has 0 atom stereocenters. The minimum atomic E-state index is 0.00184. The number of nitrogens with zero attached hydrogens (tertiary/aromatic N) is 3. The van der Waals surface area contributed by atoms with Crippen molar-refractivity contribution in [2.45, 2.75) is 19.9 Å². The fourth-order valence-electron chi connectivity index (χ4n) is 2.36. The molecule has 0 radical (unpaired) electrons. The first-order chi connectivity index (χ1) is 10.6. The Hall–Kier alpha value is -1.02. The number of amides is 1. The largest absolute Gasteiger partial charge is 0.379 e. The minimum absolute atomic E-state index is 0.00184. The zero-order chi connectivity index (χ0) is 15.9. The Morgan fingerprint density at radius 2 is 2.14 bits per heavy atom. The molecule has 7 heteroatoms. The van der Waals surface area contributed by atoms with Crippen molar-refractivity contribution in [3.8, 4) is 0 Å². The van der Waals surface area contributed by atoms with E-state index in [4.69, 9.17) is 4.74 Å². The standard InChI is InChI=1S/C15H26N4O2S/c1-12-14(15(20)16-5-4-6-18(2)3)22-13(17-12)11-19-7-9-21-10-8-19/h4-11H2,1-3H3,(H,16,20). The first-order valence-electron chi connectivity index (χ1n) is 7.75. The molecule has 0 bridgehead atoms. The highest BCUT2D eigenvalue weighted by molar-refractivity contribution is 7.13. The molecule has 1 aromatic heterocycles. The molecule has 1 aliphatic rings. The number of hydrogen-bond donors (Lipinski definition) is 1. The van der Waals surface area contributed by atoms with Crippen molar-refractivity contribution in [1.29, 1.82) is 0 Å². The molecule has 6 nitrogen and oxygen atoms in total. The summed E-state index contributed by atoms with van der Waals surface area (Å²) in [5.41, 5.74) is 0.832. The Morgan fingerprint density at radius 3 is 2.82 bits per heavy atom. The van der Waals surface area contributed by atoms with E-state index in [2.05, 4.69) is 20.1 Å². The quantitative estimate of drug-likeness (QED) is 0.757. The average Bonchev–Trinajstić information content (AvgIpc) is 2.85. The Morgan fingerprint density at radius 1 is 1.41 bits per heavy atom. The Labute approximate surface area is 136 Å². The molecule has 0 unspecified atom stereocenters. The van der Waals surface area contributed by atoms with Crippen LogP contribution >= 0.6 is 11.3 Å². The molecular formula is C15H26N4O2S. The minimum Gasteiger partial charge on any atom is -0.379 e. The van der Waals surface area contributed by atoms with Gasteiger partial charge in [-0.05, 0) is 34.0 Å². The summed E-state index contributed by atoms with van der Waals surface area (Å²) in [6.45, 7) is 7.83. The maximum absolute atomic E-state index is 12.2. The molecule has 0 saturated carbocycles. The van der Waals surface area contributed by atoms with Crippen LogP contribution < -0.4 is 5.32 Å². The number of nitrogens with one attached hydrogen (secondary N) is 1. The number of morpholine rings is 1. The third kappa shape index (κ3) is 5.31. The Balaban J connectivity index is 1.84. The van der Waals surface area contributed by atoms with Gasteiger partial charge in [0.2, 0.25) is 0 Å². The highest BCUT2D eigenvalue weighted by Crippen LogP contribution is 2.20. The normalized spacial score (nSPS) is 16.2. The van der Waals surface area contributed by atoms with Gasteiger partial charge in [-0.1, -0.05) is 0 Å². The first kappa shape index (κ1) is 17.3. The van der Waals surface area contributed by atoms with Crippen molar-refractivity contribution in [3.63, 3.8) is 0 Å². The van der Waals surface area contributed by atoms with Crippen LogP contribution in [0.3, 0.4) is 0 Å². The lowest BCUT2D eigenvalue weighted by molar-refractivity contribution is 0.0341. The van der Waals surface area contributed by atoms with Gasteiger partial charge < -0.3 is 15.0 Å². The lowest BCUT2D eigenvalue weighted by atomic mass is 10.3. The van der Waals surface area contributed by atoms with E-state index in [0.29, 0.717) is 6.54 Å². The number of aromatic nitrogens is 1. The maximum Gasteiger partial charge on any atom is 0.263 e. The van der Waals surface area contributed by atoms with Crippen molar-refractivity contribution < 1.29 is 9.53 Å². The number of ether oxygens (including phenoxy) is 1. The molecule has 1 saturated heterocycles.